The lowest BCUT2D eigenvalue weighted by Gasteiger charge is -2.26. The predicted molar refractivity (Wildman–Crippen MR) is 153 cm³/mol. The summed E-state index contributed by atoms with van der Waals surface area (Å²) in [6.45, 7) is 10.1. The Morgan fingerprint density at radius 1 is 1.26 bits per heavy atom. The number of benzene rings is 1. The molecule has 3 aromatic rings. The van der Waals surface area contributed by atoms with E-state index in [0.29, 0.717) is 5.57 Å². The van der Waals surface area contributed by atoms with E-state index in [1.54, 1.807) is 48.7 Å². The summed E-state index contributed by atoms with van der Waals surface area (Å²) in [6.07, 6.45) is -0.351. The summed E-state index contributed by atoms with van der Waals surface area (Å²) in [6, 6.07) is 6.52. The molecule has 5 N–H and O–H groups in total. The van der Waals surface area contributed by atoms with Gasteiger partial charge in [0.15, 0.2) is 23.1 Å². The van der Waals surface area contributed by atoms with Gasteiger partial charge in [-0.15, -0.1) is 0 Å². The number of hydrogen-bond donors (Lipinski definition) is 4. The molecule has 0 saturated heterocycles. The fourth-order valence-corrected chi connectivity index (χ4v) is 6.22. The summed E-state index contributed by atoms with van der Waals surface area (Å²) in [4.78, 5) is 47.8. The monoisotopic (exact) mass is 602 g/mol. The van der Waals surface area contributed by atoms with E-state index in [-0.39, 0.29) is 47.6 Å². The van der Waals surface area contributed by atoms with Gasteiger partial charge in [0.05, 0.1) is 25.1 Å². The van der Waals surface area contributed by atoms with Crippen molar-refractivity contribution in [2.45, 2.75) is 58.4 Å². The normalized spacial score (nSPS) is 21.7. The van der Waals surface area contributed by atoms with Crippen LogP contribution in [0.1, 0.15) is 40.2 Å². The number of nitrogens with two attached hydrogens (primary N) is 1. The average Bonchev–Trinajstić information content (AvgIpc) is 3.47. The number of Topliss-reactive ketones (excluding diaryl/α,β-unsaturated/α-hetero) is 1. The van der Waals surface area contributed by atoms with Crippen molar-refractivity contribution in [3.05, 3.63) is 59.2 Å². The van der Waals surface area contributed by atoms with Gasteiger partial charge in [-0.2, -0.15) is 10.1 Å². The molecular formula is C27H35N6O8P. The van der Waals surface area contributed by atoms with Crippen molar-refractivity contribution in [3.8, 4) is 5.75 Å². The fourth-order valence-electron chi connectivity index (χ4n) is 4.70. The summed E-state index contributed by atoms with van der Waals surface area (Å²) in [5, 5.41) is 13.5. The first-order valence-electron chi connectivity index (χ1n) is 13.4. The number of para-hydroxylation sites is 1. The number of fused-ring (bicyclic) bond motifs is 1. The van der Waals surface area contributed by atoms with Crippen LogP contribution in [0.15, 0.2) is 53.6 Å². The van der Waals surface area contributed by atoms with Crippen LogP contribution in [-0.2, 0) is 23.4 Å². The molecule has 6 atom stereocenters. The molecule has 0 aliphatic heterocycles. The van der Waals surface area contributed by atoms with E-state index in [2.05, 4.69) is 26.6 Å². The zero-order valence-corrected chi connectivity index (χ0v) is 24.6. The molecule has 4 rings (SSSR count). The highest BCUT2D eigenvalue weighted by molar-refractivity contribution is 7.52. The Labute approximate surface area is 241 Å². The van der Waals surface area contributed by atoms with Crippen molar-refractivity contribution in [2.75, 3.05) is 12.3 Å². The molecule has 15 heteroatoms. The maximum absolute atomic E-state index is 13.9. The second kappa shape index (κ2) is 12.6. The Kier molecular flexibility index (Phi) is 9.31. The number of nitrogens with zero attached hydrogens (tertiary/aromatic N) is 3. The van der Waals surface area contributed by atoms with Gasteiger partial charge >= 0.3 is 13.7 Å². The highest BCUT2D eigenvalue weighted by Gasteiger charge is 2.41. The molecule has 0 radical (unpaired) electrons. The molecule has 0 amide bonds. The van der Waals surface area contributed by atoms with E-state index in [4.69, 9.17) is 19.5 Å². The van der Waals surface area contributed by atoms with Gasteiger partial charge in [0.1, 0.15) is 11.8 Å². The number of carbonyl (C=O) groups excluding carboxylic acids is 2. The number of aromatic nitrogens is 4. The van der Waals surface area contributed by atoms with Crippen LogP contribution in [0.3, 0.4) is 0 Å². The van der Waals surface area contributed by atoms with Gasteiger partial charge in [0.2, 0.25) is 5.95 Å². The number of anilines is 1. The Balaban J connectivity index is 1.51. The Bertz CT molecular complexity index is 1570. The van der Waals surface area contributed by atoms with Crippen molar-refractivity contribution in [2.24, 2.45) is 11.8 Å². The van der Waals surface area contributed by atoms with Crippen molar-refractivity contribution in [1.29, 1.82) is 0 Å². The van der Waals surface area contributed by atoms with Gasteiger partial charge in [-0.1, -0.05) is 38.6 Å². The third kappa shape index (κ3) is 6.79. The van der Waals surface area contributed by atoms with Crippen molar-refractivity contribution < 1.29 is 33.0 Å². The minimum atomic E-state index is -4.26. The van der Waals surface area contributed by atoms with Gasteiger partial charge in [0.25, 0.3) is 5.56 Å². The van der Waals surface area contributed by atoms with Gasteiger partial charge in [0, 0.05) is 11.8 Å². The van der Waals surface area contributed by atoms with E-state index in [1.165, 1.54) is 20.2 Å². The second-order valence-electron chi connectivity index (χ2n) is 10.5. The van der Waals surface area contributed by atoms with Crippen molar-refractivity contribution >= 4 is 36.6 Å². The lowest BCUT2D eigenvalue weighted by molar-refractivity contribution is -0.156. The number of aromatic amines is 1. The molecule has 1 fully saturated rings. The number of nitrogens with one attached hydrogen (secondary N) is 2. The smallest absolute Gasteiger partial charge is 0.453 e. The fraction of sp³-hybridized carbons (Fsp3) is 0.444. The first-order chi connectivity index (χ1) is 19.8. The number of nitrogen functional groups attached to an aromatic ring is 1. The maximum atomic E-state index is 13.9. The SMILES string of the molecule is C=C1C(CO[P@@](=O)(N[C@@H](C)C(=O)O[C@@H](C)C(=O)C(C)C)Oc2ccccc2)[C@@H](O)CC1n1cnc2c(=O)[nH]c(N)nc21. The molecule has 226 valence electrons. The Morgan fingerprint density at radius 2 is 1.95 bits per heavy atom. The molecule has 1 aliphatic rings. The molecule has 2 heterocycles. The van der Waals surface area contributed by atoms with Crippen LogP contribution in [-0.4, -0.2) is 61.2 Å². The third-order valence-corrected chi connectivity index (χ3v) is 8.62. The zero-order valence-electron chi connectivity index (χ0n) is 23.7. The van der Waals surface area contributed by atoms with Crippen LogP contribution in [0.5, 0.6) is 5.75 Å². The number of H-pyrrole nitrogens is 1. The van der Waals surface area contributed by atoms with Crippen molar-refractivity contribution in [3.63, 3.8) is 0 Å². The third-order valence-electron chi connectivity index (χ3n) is 6.98. The van der Waals surface area contributed by atoms with Gasteiger partial charge in [-0.3, -0.25) is 23.9 Å². The minimum Gasteiger partial charge on any atom is -0.453 e. The lowest BCUT2D eigenvalue weighted by Crippen LogP contribution is -2.39. The van der Waals surface area contributed by atoms with E-state index in [1.807, 2.05) is 0 Å². The first kappa shape index (κ1) is 31.1. The Hall–Kier alpha value is -3.84. The number of ketones is 1. The maximum Gasteiger partial charge on any atom is 0.459 e. The summed E-state index contributed by atoms with van der Waals surface area (Å²) < 4.78 is 32.3. The van der Waals surface area contributed by atoms with Crippen LogP contribution in [0.25, 0.3) is 11.2 Å². The number of hydrogen-bond acceptors (Lipinski definition) is 11. The lowest BCUT2D eigenvalue weighted by atomic mass is 10.0. The van der Waals surface area contributed by atoms with Crippen molar-refractivity contribution in [1.82, 2.24) is 24.6 Å². The van der Waals surface area contributed by atoms with Crippen LogP contribution >= 0.6 is 7.75 Å². The standard InChI is InChI=1S/C27H35N6O8P/c1-14(2)23(35)17(5)40-26(37)16(4)32-42(38,41-18-9-7-6-8-10-18)39-12-19-15(3)20(11-21(19)34)33-13-29-22-24(33)30-27(28)31-25(22)36/h6-10,13-14,16-17,19-21,34H,3,11-12H2,1-2,4-5H3,(H,32,38)(H3,28,30,31,36)/t16-,17-,19?,20?,21-,42-/m0/s1. The average molecular weight is 603 g/mol. The summed E-state index contributed by atoms with van der Waals surface area (Å²) in [5.41, 5.74) is 6.05. The topological polar surface area (TPSA) is 201 Å². The number of imidazole rings is 1. The molecule has 1 aromatic carbocycles. The van der Waals surface area contributed by atoms with Crippen LogP contribution in [0.2, 0.25) is 0 Å². The van der Waals surface area contributed by atoms with E-state index < -0.39 is 49.5 Å². The van der Waals surface area contributed by atoms with E-state index in [9.17, 15) is 24.1 Å². The molecule has 2 aromatic heterocycles. The summed E-state index contributed by atoms with van der Waals surface area (Å²) in [7, 11) is -4.26. The number of ether oxygens (including phenoxy) is 1. The molecule has 1 aliphatic carbocycles. The molecular weight excluding hydrogens is 567 g/mol. The number of rotatable bonds is 12. The highest BCUT2D eigenvalue weighted by Crippen LogP contribution is 2.48. The number of aliphatic hydroxyl groups excluding tert-OH is 1. The first-order valence-corrected chi connectivity index (χ1v) is 14.9. The van der Waals surface area contributed by atoms with Gasteiger partial charge in [-0.25, -0.2) is 9.55 Å². The molecule has 1 saturated carbocycles. The Morgan fingerprint density at radius 3 is 2.62 bits per heavy atom. The largest absolute Gasteiger partial charge is 0.459 e. The van der Waals surface area contributed by atoms with Crippen LogP contribution in [0.4, 0.5) is 5.95 Å². The second-order valence-corrected chi connectivity index (χ2v) is 12.2. The van der Waals surface area contributed by atoms with E-state index in [0.717, 1.165) is 0 Å². The molecule has 2 unspecified atom stereocenters. The van der Waals surface area contributed by atoms with Crippen LogP contribution in [0, 0.1) is 11.8 Å². The van der Waals surface area contributed by atoms with Gasteiger partial charge < -0.3 is 24.7 Å². The molecule has 14 nitrogen and oxygen atoms in total. The van der Waals surface area contributed by atoms with Gasteiger partial charge in [-0.05, 0) is 38.0 Å². The molecule has 0 bridgehead atoms. The number of esters is 1. The van der Waals surface area contributed by atoms with E-state index >= 15 is 0 Å². The number of aliphatic hydroxyl groups is 1. The summed E-state index contributed by atoms with van der Waals surface area (Å²) >= 11 is 0. The zero-order chi connectivity index (χ0) is 30.8. The quantitative estimate of drug-likeness (QED) is 0.134. The number of carbonyl (C=O) groups is 2. The highest BCUT2D eigenvalue weighted by atomic mass is 31.2. The molecule has 0 spiro atoms. The minimum absolute atomic E-state index is 0.0843. The van der Waals surface area contributed by atoms with Crippen LogP contribution < -0.4 is 20.9 Å². The predicted octanol–water partition coefficient (Wildman–Crippen LogP) is 2.52. The summed E-state index contributed by atoms with van der Waals surface area (Å²) in [5.74, 6) is -2.00. The molecule has 42 heavy (non-hydrogen) atoms.